The SMILES string of the molecule is O=C(O)C(CCO)NS(=O)(=O)c1cc(Br)ccc1Br. The van der Waals surface area contributed by atoms with Gasteiger partial charge in [-0.3, -0.25) is 4.79 Å². The van der Waals surface area contributed by atoms with E-state index in [2.05, 4.69) is 31.9 Å². The van der Waals surface area contributed by atoms with Gasteiger partial charge in [0.1, 0.15) is 6.04 Å². The molecule has 9 heteroatoms. The van der Waals surface area contributed by atoms with E-state index in [-0.39, 0.29) is 11.3 Å². The number of carbonyl (C=O) groups is 1. The fraction of sp³-hybridized carbons (Fsp3) is 0.300. The lowest BCUT2D eigenvalue weighted by Crippen LogP contribution is -2.41. The van der Waals surface area contributed by atoms with Gasteiger partial charge >= 0.3 is 5.97 Å². The maximum Gasteiger partial charge on any atom is 0.321 e. The second-order valence-corrected chi connectivity index (χ2v) is 7.05. The molecule has 1 aromatic rings. The molecule has 19 heavy (non-hydrogen) atoms. The Hall–Kier alpha value is -0.480. The zero-order valence-corrected chi connectivity index (χ0v) is 13.5. The van der Waals surface area contributed by atoms with Crippen molar-refractivity contribution in [2.24, 2.45) is 0 Å². The molecule has 0 spiro atoms. The van der Waals surface area contributed by atoms with Gasteiger partial charge in [0.15, 0.2) is 0 Å². The van der Waals surface area contributed by atoms with E-state index in [9.17, 15) is 13.2 Å². The van der Waals surface area contributed by atoms with Crippen LogP contribution in [0, 0.1) is 0 Å². The van der Waals surface area contributed by atoms with E-state index >= 15 is 0 Å². The van der Waals surface area contributed by atoms with Gasteiger partial charge in [-0.25, -0.2) is 8.42 Å². The molecule has 0 bridgehead atoms. The van der Waals surface area contributed by atoms with Crippen LogP contribution in [-0.4, -0.2) is 37.2 Å². The topological polar surface area (TPSA) is 104 Å². The summed E-state index contributed by atoms with van der Waals surface area (Å²) < 4.78 is 27.1. The number of benzene rings is 1. The first kappa shape index (κ1) is 16.6. The van der Waals surface area contributed by atoms with Crippen LogP contribution >= 0.6 is 31.9 Å². The first-order chi connectivity index (χ1) is 8.77. The van der Waals surface area contributed by atoms with E-state index in [0.717, 1.165) is 0 Å². The fourth-order valence-electron chi connectivity index (χ4n) is 1.30. The minimum atomic E-state index is -4.00. The minimum Gasteiger partial charge on any atom is -0.480 e. The van der Waals surface area contributed by atoms with E-state index in [1.807, 2.05) is 4.72 Å². The molecule has 0 saturated carbocycles. The highest BCUT2D eigenvalue weighted by Crippen LogP contribution is 2.25. The van der Waals surface area contributed by atoms with Crippen LogP contribution in [0.15, 0.2) is 32.0 Å². The van der Waals surface area contributed by atoms with Crippen LogP contribution in [0.1, 0.15) is 6.42 Å². The fourth-order valence-corrected chi connectivity index (χ4v) is 4.02. The molecule has 0 fully saturated rings. The monoisotopic (exact) mass is 415 g/mol. The highest BCUT2D eigenvalue weighted by Gasteiger charge is 2.26. The molecule has 0 aromatic heterocycles. The summed E-state index contributed by atoms with van der Waals surface area (Å²) in [5.41, 5.74) is 0. The zero-order chi connectivity index (χ0) is 14.6. The van der Waals surface area contributed by atoms with Crippen LogP contribution in [0.2, 0.25) is 0 Å². The molecule has 3 N–H and O–H groups in total. The van der Waals surface area contributed by atoms with Crippen molar-refractivity contribution in [1.82, 2.24) is 4.72 Å². The van der Waals surface area contributed by atoms with Crippen LogP contribution < -0.4 is 4.72 Å². The number of carboxylic acid groups (broad SMARTS) is 1. The number of aliphatic hydroxyl groups is 1. The normalized spacial score (nSPS) is 13.2. The van der Waals surface area contributed by atoms with Gasteiger partial charge in [-0.2, -0.15) is 4.72 Å². The molecule has 0 aliphatic heterocycles. The van der Waals surface area contributed by atoms with Crippen LogP contribution in [0.5, 0.6) is 0 Å². The first-order valence-corrected chi connectivity index (χ1v) is 8.16. The van der Waals surface area contributed by atoms with Gasteiger partial charge in [-0.05, 0) is 40.5 Å². The number of carboxylic acids is 1. The molecule has 0 amide bonds. The predicted octanol–water partition coefficient (Wildman–Crippen LogP) is 1.33. The lowest BCUT2D eigenvalue weighted by atomic mass is 10.2. The Balaban J connectivity index is 3.10. The quantitative estimate of drug-likeness (QED) is 0.648. The van der Waals surface area contributed by atoms with Crippen LogP contribution in [0.3, 0.4) is 0 Å². The third-order valence-electron chi connectivity index (χ3n) is 2.20. The van der Waals surface area contributed by atoms with Crippen LogP contribution in [0.4, 0.5) is 0 Å². The molecule has 1 aromatic carbocycles. The molecular weight excluding hydrogens is 406 g/mol. The van der Waals surface area contributed by atoms with Crippen molar-refractivity contribution < 1.29 is 23.4 Å². The lowest BCUT2D eigenvalue weighted by Gasteiger charge is -2.14. The summed E-state index contributed by atoms with van der Waals surface area (Å²) >= 11 is 6.24. The van der Waals surface area contributed by atoms with Crippen molar-refractivity contribution in [3.63, 3.8) is 0 Å². The molecular formula is C10H11Br2NO5S. The van der Waals surface area contributed by atoms with Crippen molar-refractivity contribution in [1.29, 1.82) is 0 Å². The summed E-state index contributed by atoms with van der Waals surface area (Å²) in [6.45, 7) is -0.431. The van der Waals surface area contributed by atoms with E-state index in [1.165, 1.54) is 12.1 Å². The third kappa shape index (κ3) is 4.53. The van der Waals surface area contributed by atoms with E-state index in [4.69, 9.17) is 10.2 Å². The standard InChI is InChI=1S/C10H11Br2NO5S/c11-6-1-2-7(12)9(5-6)19(17,18)13-8(3-4-14)10(15)16/h1-2,5,8,13-14H,3-4H2,(H,15,16). The number of nitrogens with one attached hydrogen (secondary N) is 1. The number of rotatable bonds is 6. The second-order valence-electron chi connectivity index (χ2n) is 3.60. The van der Waals surface area contributed by atoms with Crippen LogP contribution in [0.25, 0.3) is 0 Å². The molecule has 106 valence electrons. The van der Waals surface area contributed by atoms with E-state index in [1.54, 1.807) is 6.07 Å². The molecule has 0 radical (unpaired) electrons. The number of hydrogen-bond donors (Lipinski definition) is 3. The highest BCUT2D eigenvalue weighted by molar-refractivity contribution is 9.11. The summed E-state index contributed by atoms with van der Waals surface area (Å²) in [6, 6.07) is 3.15. The number of sulfonamides is 1. The first-order valence-electron chi connectivity index (χ1n) is 5.09. The molecule has 1 unspecified atom stereocenters. The van der Waals surface area contributed by atoms with E-state index in [0.29, 0.717) is 8.95 Å². The molecule has 1 atom stereocenters. The average Bonchev–Trinajstić information content (AvgIpc) is 2.31. The Morgan fingerprint density at radius 1 is 1.37 bits per heavy atom. The molecule has 6 nitrogen and oxygen atoms in total. The smallest absolute Gasteiger partial charge is 0.321 e. The number of halogens is 2. The van der Waals surface area contributed by atoms with Gasteiger partial charge in [0.2, 0.25) is 10.0 Å². The summed E-state index contributed by atoms with van der Waals surface area (Å²) in [5, 5.41) is 17.6. The van der Waals surface area contributed by atoms with Crippen LogP contribution in [-0.2, 0) is 14.8 Å². The van der Waals surface area contributed by atoms with Gasteiger partial charge in [-0.1, -0.05) is 15.9 Å². The van der Waals surface area contributed by atoms with Crippen molar-refractivity contribution in [3.05, 3.63) is 27.1 Å². The molecule has 0 saturated heterocycles. The van der Waals surface area contributed by atoms with E-state index < -0.39 is 28.6 Å². The van der Waals surface area contributed by atoms with Gasteiger partial charge < -0.3 is 10.2 Å². The van der Waals surface area contributed by atoms with Crippen molar-refractivity contribution >= 4 is 47.9 Å². The average molecular weight is 417 g/mol. The lowest BCUT2D eigenvalue weighted by molar-refractivity contribution is -0.139. The Bertz CT molecular complexity index is 575. The zero-order valence-electron chi connectivity index (χ0n) is 9.51. The van der Waals surface area contributed by atoms with Crippen molar-refractivity contribution in [2.75, 3.05) is 6.61 Å². The molecule has 0 aliphatic rings. The molecule has 0 heterocycles. The summed E-state index contributed by atoms with van der Waals surface area (Å²) in [4.78, 5) is 10.8. The Labute approximate surface area is 127 Å². The van der Waals surface area contributed by atoms with Crippen molar-refractivity contribution in [2.45, 2.75) is 17.4 Å². The van der Waals surface area contributed by atoms with Gasteiger partial charge in [0.05, 0.1) is 4.90 Å². The Morgan fingerprint density at radius 3 is 2.53 bits per heavy atom. The second kappa shape index (κ2) is 6.80. The summed E-state index contributed by atoms with van der Waals surface area (Å²) in [7, 11) is -4.00. The van der Waals surface area contributed by atoms with Gasteiger partial charge in [0.25, 0.3) is 0 Å². The largest absolute Gasteiger partial charge is 0.480 e. The summed E-state index contributed by atoms with van der Waals surface area (Å²) in [5.74, 6) is -1.34. The highest BCUT2D eigenvalue weighted by atomic mass is 79.9. The summed E-state index contributed by atoms with van der Waals surface area (Å²) in [6.07, 6.45) is -0.208. The van der Waals surface area contributed by atoms with Gasteiger partial charge in [-0.15, -0.1) is 0 Å². The minimum absolute atomic E-state index is 0.0777. The maximum absolute atomic E-state index is 12.1. The Morgan fingerprint density at radius 2 is 2.00 bits per heavy atom. The third-order valence-corrected chi connectivity index (χ3v) is 5.15. The number of hydrogen-bond acceptors (Lipinski definition) is 4. The number of aliphatic carboxylic acids is 1. The molecule has 1 rings (SSSR count). The molecule has 0 aliphatic carbocycles. The Kier molecular flexibility index (Phi) is 5.93. The predicted molar refractivity (Wildman–Crippen MR) is 75.3 cm³/mol. The number of aliphatic hydroxyl groups excluding tert-OH is 1. The van der Waals surface area contributed by atoms with Crippen molar-refractivity contribution in [3.8, 4) is 0 Å². The van der Waals surface area contributed by atoms with Gasteiger partial charge in [0, 0.05) is 15.6 Å². The maximum atomic E-state index is 12.1.